The predicted octanol–water partition coefficient (Wildman–Crippen LogP) is 1.76. The van der Waals surface area contributed by atoms with E-state index in [1.807, 2.05) is 18.2 Å². The van der Waals surface area contributed by atoms with Crippen molar-refractivity contribution in [1.29, 1.82) is 0 Å². The number of likely N-dealkylation sites (N-methyl/N-ethyl adjacent to an activating group) is 2. The Labute approximate surface area is 110 Å². The van der Waals surface area contributed by atoms with Crippen molar-refractivity contribution in [2.75, 3.05) is 45.9 Å². The van der Waals surface area contributed by atoms with Gasteiger partial charge in [0.05, 0.1) is 13.7 Å². The summed E-state index contributed by atoms with van der Waals surface area (Å²) in [4.78, 5) is 2.20. The van der Waals surface area contributed by atoms with Crippen LogP contribution in [0.25, 0.3) is 0 Å². The molecular weight excluding hydrogens is 228 g/mol. The zero-order valence-corrected chi connectivity index (χ0v) is 11.8. The van der Waals surface area contributed by atoms with Gasteiger partial charge >= 0.3 is 0 Å². The summed E-state index contributed by atoms with van der Waals surface area (Å²) < 4.78 is 10.5. The highest BCUT2D eigenvalue weighted by Gasteiger charge is 2.11. The third-order valence-corrected chi connectivity index (χ3v) is 2.85. The van der Waals surface area contributed by atoms with Crippen molar-refractivity contribution >= 4 is 5.69 Å². The van der Waals surface area contributed by atoms with Gasteiger partial charge in [0.15, 0.2) is 0 Å². The van der Waals surface area contributed by atoms with Crippen LogP contribution in [0.3, 0.4) is 0 Å². The third-order valence-electron chi connectivity index (χ3n) is 2.85. The summed E-state index contributed by atoms with van der Waals surface area (Å²) in [5.41, 5.74) is 1.15. The van der Waals surface area contributed by atoms with Crippen molar-refractivity contribution in [1.82, 2.24) is 5.32 Å². The highest BCUT2D eigenvalue weighted by atomic mass is 16.5. The Morgan fingerprint density at radius 2 is 2.11 bits per heavy atom. The molecule has 0 aliphatic heterocycles. The number of anilines is 1. The fraction of sp³-hybridized carbons (Fsp3) is 0.571. The van der Waals surface area contributed by atoms with Crippen LogP contribution in [0.15, 0.2) is 24.3 Å². The van der Waals surface area contributed by atoms with Crippen molar-refractivity contribution in [3.8, 4) is 5.75 Å². The first kappa shape index (κ1) is 14.8. The first-order chi connectivity index (χ1) is 8.71. The molecule has 0 spiro atoms. The van der Waals surface area contributed by atoms with Gasteiger partial charge in [0.25, 0.3) is 0 Å². The average Bonchev–Trinajstić information content (AvgIpc) is 2.39. The number of nitrogens with one attached hydrogen (secondary N) is 1. The molecule has 1 N–H and O–H groups in total. The lowest BCUT2D eigenvalue weighted by Crippen LogP contribution is -2.42. The number of nitrogens with zero attached hydrogens (tertiary/aromatic N) is 1. The summed E-state index contributed by atoms with van der Waals surface area (Å²) in [7, 11) is 5.50. The lowest BCUT2D eigenvalue weighted by atomic mass is 10.2. The summed E-state index contributed by atoms with van der Waals surface area (Å²) in [6, 6.07) is 8.40. The Morgan fingerprint density at radius 3 is 2.72 bits per heavy atom. The minimum absolute atomic E-state index is 0.330. The van der Waals surface area contributed by atoms with Crippen LogP contribution in [0.1, 0.15) is 6.92 Å². The van der Waals surface area contributed by atoms with Crippen LogP contribution < -0.4 is 15.0 Å². The maximum atomic E-state index is 5.24. The third kappa shape index (κ3) is 4.55. The molecule has 0 radical (unpaired) electrons. The molecule has 0 heterocycles. The van der Waals surface area contributed by atoms with Gasteiger partial charge < -0.3 is 19.7 Å². The molecule has 0 aliphatic rings. The van der Waals surface area contributed by atoms with E-state index < -0.39 is 0 Å². The number of hydrogen-bond acceptors (Lipinski definition) is 4. The second kappa shape index (κ2) is 7.95. The van der Waals surface area contributed by atoms with Crippen LogP contribution in [-0.4, -0.2) is 47.0 Å². The predicted molar refractivity (Wildman–Crippen MR) is 75.6 cm³/mol. The van der Waals surface area contributed by atoms with Gasteiger partial charge in [0.2, 0.25) is 0 Å². The van der Waals surface area contributed by atoms with E-state index in [1.54, 1.807) is 14.2 Å². The monoisotopic (exact) mass is 252 g/mol. The van der Waals surface area contributed by atoms with Gasteiger partial charge in [-0.15, -0.1) is 0 Å². The van der Waals surface area contributed by atoms with Gasteiger partial charge in [-0.1, -0.05) is 13.0 Å². The van der Waals surface area contributed by atoms with Gasteiger partial charge in [0, 0.05) is 38.5 Å². The lowest BCUT2D eigenvalue weighted by Gasteiger charge is -2.26. The lowest BCUT2D eigenvalue weighted by molar-refractivity contribution is 0.169. The Hall–Kier alpha value is -1.26. The maximum Gasteiger partial charge on any atom is 0.120 e. The Morgan fingerprint density at radius 1 is 1.33 bits per heavy atom. The van der Waals surface area contributed by atoms with Gasteiger partial charge in [-0.2, -0.15) is 0 Å². The number of methoxy groups -OCH3 is 2. The molecule has 0 saturated heterocycles. The standard InChI is InChI=1S/C14H24N2O2/c1-5-15-12(11-17-3)10-16(2)13-7-6-8-14(9-13)18-4/h6-9,12,15H,5,10-11H2,1-4H3. The molecule has 0 aliphatic carbocycles. The van der Waals surface area contributed by atoms with E-state index in [9.17, 15) is 0 Å². The Kier molecular flexibility index (Phi) is 6.54. The maximum absolute atomic E-state index is 5.24. The zero-order valence-electron chi connectivity index (χ0n) is 11.8. The number of rotatable bonds is 8. The van der Waals surface area contributed by atoms with Crippen LogP contribution in [0.5, 0.6) is 5.75 Å². The first-order valence-corrected chi connectivity index (χ1v) is 6.28. The Bertz CT molecular complexity index is 338. The molecule has 0 saturated carbocycles. The minimum Gasteiger partial charge on any atom is -0.497 e. The largest absolute Gasteiger partial charge is 0.497 e. The summed E-state index contributed by atoms with van der Waals surface area (Å²) in [5.74, 6) is 0.881. The van der Waals surface area contributed by atoms with E-state index >= 15 is 0 Å². The molecule has 1 aromatic rings. The first-order valence-electron chi connectivity index (χ1n) is 6.28. The summed E-state index contributed by atoms with van der Waals surface area (Å²) in [5, 5.41) is 3.41. The van der Waals surface area contributed by atoms with E-state index in [4.69, 9.17) is 9.47 Å². The zero-order chi connectivity index (χ0) is 13.4. The van der Waals surface area contributed by atoms with Crippen LogP contribution in [-0.2, 0) is 4.74 Å². The number of ether oxygens (including phenoxy) is 2. The van der Waals surface area contributed by atoms with Crippen molar-refractivity contribution < 1.29 is 9.47 Å². The van der Waals surface area contributed by atoms with Gasteiger partial charge in [0.1, 0.15) is 5.75 Å². The fourth-order valence-corrected chi connectivity index (χ4v) is 1.95. The second-order valence-corrected chi connectivity index (χ2v) is 4.29. The summed E-state index contributed by atoms with van der Waals surface area (Å²) in [6.45, 7) is 4.66. The quantitative estimate of drug-likeness (QED) is 0.764. The highest BCUT2D eigenvalue weighted by molar-refractivity contribution is 5.50. The molecule has 1 rings (SSSR count). The van der Waals surface area contributed by atoms with Crippen molar-refractivity contribution in [2.45, 2.75) is 13.0 Å². The van der Waals surface area contributed by atoms with Crippen LogP contribution in [0.2, 0.25) is 0 Å². The van der Waals surface area contributed by atoms with Crippen molar-refractivity contribution in [3.05, 3.63) is 24.3 Å². The molecule has 4 heteroatoms. The van der Waals surface area contributed by atoms with Crippen molar-refractivity contribution in [3.63, 3.8) is 0 Å². The van der Waals surface area contributed by atoms with E-state index in [1.165, 1.54) is 0 Å². The molecule has 0 amide bonds. The van der Waals surface area contributed by atoms with Gasteiger partial charge in [-0.05, 0) is 18.7 Å². The molecule has 1 atom stereocenters. The second-order valence-electron chi connectivity index (χ2n) is 4.29. The van der Waals surface area contributed by atoms with E-state index in [0.717, 1.165) is 24.5 Å². The molecule has 18 heavy (non-hydrogen) atoms. The smallest absolute Gasteiger partial charge is 0.120 e. The molecule has 4 nitrogen and oxygen atoms in total. The van der Waals surface area contributed by atoms with Crippen LogP contribution in [0, 0.1) is 0 Å². The van der Waals surface area contributed by atoms with Gasteiger partial charge in [-0.3, -0.25) is 0 Å². The summed E-state index contributed by atoms with van der Waals surface area (Å²) >= 11 is 0. The average molecular weight is 252 g/mol. The van der Waals surface area contributed by atoms with E-state index in [-0.39, 0.29) is 0 Å². The summed E-state index contributed by atoms with van der Waals surface area (Å²) in [6.07, 6.45) is 0. The van der Waals surface area contributed by atoms with E-state index in [0.29, 0.717) is 12.6 Å². The SMILES string of the molecule is CCNC(COC)CN(C)c1cccc(OC)c1. The van der Waals surface area contributed by atoms with Gasteiger partial charge in [-0.25, -0.2) is 0 Å². The molecule has 0 bridgehead atoms. The molecule has 102 valence electrons. The highest BCUT2D eigenvalue weighted by Crippen LogP contribution is 2.19. The fourth-order valence-electron chi connectivity index (χ4n) is 1.95. The van der Waals surface area contributed by atoms with E-state index in [2.05, 4.69) is 30.3 Å². The number of benzene rings is 1. The normalized spacial score (nSPS) is 12.2. The molecule has 1 unspecified atom stereocenters. The Balaban J connectivity index is 2.63. The topological polar surface area (TPSA) is 33.7 Å². The minimum atomic E-state index is 0.330. The van der Waals surface area contributed by atoms with Crippen molar-refractivity contribution in [2.24, 2.45) is 0 Å². The molecule has 0 fully saturated rings. The molecule has 0 aromatic heterocycles. The van der Waals surface area contributed by atoms with Crippen LogP contribution in [0.4, 0.5) is 5.69 Å². The molecule has 1 aromatic carbocycles. The van der Waals surface area contributed by atoms with Crippen LogP contribution >= 0.6 is 0 Å². The molecular formula is C14H24N2O2. The number of hydrogen-bond donors (Lipinski definition) is 1.